The summed E-state index contributed by atoms with van der Waals surface area (Å²) in [6, 6.07) is 18.8. The quantitative estimate of drug-likeness (QED) is 0.426. The zero-order valence-corrected chi connectivity index (χ0v) is 15.7. The number of ether oxygens (including phenoxy) is 1. The van der Waals surface area contributed by atoms with Gasteiger partial charge < -0.3 is 15.0 Å². The molecule has 0 saturated heterocycles. The van der Waals surface area contributed by atoms with Gasteiger partial charge in [0.2, 0.25) is 0 Å². The minimum absolute atomic E-state index is 0.254. The summed E-state index contributed by atoms with van der Waals surface area (Å²) in [6.45, 7) is 6.24. The molecule has 0 spiro atoms. The zero-order chi connectivity index (χ0) is 16.2. The molecule has 122 valence electrons. The molecule has 1 aliphatic rings. The number of nitrogens with zero attached hydrogens (tertiary/aromatic N) is 1. The standard InChI is InChI=1S/C19H23IN2O/c1-14(2)12-22-18-11-7-6-10-16(18)21-17(19(22)20)13-23-15-8-4-3-5-9-15/h3-11,14,17,19,21H,12-13H2,1-2H3. The maximum atomic E-state index is 5.99. The van der Waals surface area contributed by atoms with Crippen molar-refractivity contribution in [3.8, 4) is 5.75 Å². The van der Waals surface area contributed by atoms with Crippen LogP contribution in [0, 0.1) is 5.92 Å². The first-order valence-electron chi connectivity index (χ1n) is 8.09. The summed E-state index contributed by atoms with van der Waals surface area (Å²) >= 11 is 2.54. The summed E-state index contributed by atoms with van der Waals surface area (Å²) in [5, 5.41) is 3.65. The minimum Gasteiger partial charge on any atom is -0.491 e. The van der Waals surface area contributed by atoms with Crippen molar-refractivity contribution in [1.29, 1.82) is 0 Å². The summed E-state index contributed by atoms with van der Waals surface area (Å²) in [4.78, 5) is 2.50. The molecule has 23 heavy (non-hydrogen) atoms. The fourth-order valence-electron chi connectivity index (χ4n) is 2.88. The zero-order valence-electron chi connectivity index (χ0n) is 13.6. The number of anilines is 2. The van der Waals surface area contributed by atoms with Crippen LogP contribution in [0.1, 0.15) is 13.8 Å². The van der Waals surface area contributed by atoms with E-state index in [0.717, 1.165) is 12.3 Å². The number of nitrogens with one attached hydrogen (secondary N) is 1. The van der Waals surface area contributed by atoms with Gasteiger partial charge in [0.15, 0.2) is 0 Å². The van der Waals surface area contributed by atoms with Crippen LogP contribution < -0.4 is 15.0 Å². The van der Waals surface area contributed by atoms with E-state index in [1.54, 1.807) is 0 Å². The summed E-state index contributed by atoms with van der Waals surface area (Å²) in [5.74, 6) is 1.54. The highest BCUT2D eigenvalue weighted by Crippen LogP contribution is 2.36. The highest BCUT2D eigenvalue weighted by Gasteiger charge is 2.32. The first-order valence-corrected chi connectivity index (χ1v) is 9.34. The van der Waals surface area contributed by atoms with Crippen LogP contribution in [0.3, 0.4) is 0 Å². The maximum Gasteiger partial charge on any atom is 0.119 e. The molecule has 1 heterocycles. The molecule has 1 aliphatic heterocycles. The second kappa shape index (κ2) is 7.43. The molecule has 0 fully saturated rings. The van der Waals surface area contributed by atoms with E-state index >= 15 is 0 Å². The first kappa shape index (κ1) is 16.4. The SMILES string of the molecule is CC(C)CN1c2ccccc2NC(COc2ccccc2)C1I. The summed E-state index contributed by atoms with van der Waals surface area (Å²) in [5.41, 5.74) is 2.49. The number of hydrogen-bond acceptors (Lipinski definition) is 3. The molecule has 2 aromatic rings. The van der Waals surface area contributed by atoms with Crippen LogP contribution in [0.2, 0.25) is 0 Å². The Bertz CT molecular complexity index is 632. The van der Waals surface area contributed by atoms with Crippen molar-refractivity contribution in [2.75, 3.05) is 23.4 Å². The molecule has 4 heteroatoms. The molecule has 0 aromatic heterocycles. The number of benzene rings is 2. The topological polar surface area (TPSA) is 24.5 Å². The van der Waals surface area contributed by atoms with Gasteiger partial charge in [0.05, 0.1) is 17.4 Å². The molecular formula is C19H23IN2O. The number of hydrogen-bond donors (Lipinski definition) is 1. The predicted molar refractivity (Wildman–Crippen MR) is 106 cm³/mol. The summed E-state index contributed by atoms with van der Waals surface area (Å²) in [6.07, 6.45) is 0. The molecule has 0 saturated carbocycles. The van der Waals surface area contributed by atoms with Crippen LogP contribution in [0.5, 0.6) is 5.75 Å². The molecular weight excluding hydrogens is 399 g/mol. The third-order valence-corrected chi connectivity index (χ3v) is 5.46. The molecule has 0 amide bonds. The lowest BCUT2D eigenvalue weighted by Gasteiger charge is -2.42. The maximum absolute atomic E-state index is 5.99. The van der Waals surface area contributed by atoms with Crippen molar-refractivity contribution in [2.24, 2.45) is 5.92 Å². The lowest BCUT2D eigenvalue weighted by atomic mass is 10.1. The fourth-order valence-corrected chi connectivity index (χ4v) is 3.80. The van der Waals surface area contributed by atoms with E-state index in [-0.39, 0.29) is 6.04 Å². The van der Waals surface area contributed by atoms with Gasteiger partial charge in [-0.1, -0.05) is 66.8 Å². The fraction of sp³-hybridized carbons (Fsp3) is 0.368. The predicted octanol–water partition coefficient (Wildman–Crippen LogP) is 4.78. The van der Waals surface area contributed by atoms with Gasteiger partial charge in [0.1, 0.15) is 16.4 Å². The number of alkyl halides is 1. The smallest absolute Gasteiger partial charge is 0.119 e. The van der Waals surface area contributed by atoms with Crippen LogP contribution in [0.4, 0.5) is 11.4 Å². The van der Waals surface area contributed by atoms with Crippen molar-refractivity contribution < 1.29 is 4.74 Å². The first-order chi connectivity index (χ1) is 11.1. The number of fused-ring (bicyclic) bond motifs is 1. The van der Waals surface area contributed by atoms with E-state index in [1.165, 1.54) is 11.4 Å². The van der Waals surface area contributed by atoms with Crippen molar-refractivity contribution in [3.05, 3.63) is 54.6 Å². The van der Waals surface area contributed by atoms with Gasteiger partial charge in [-0.15, -0.1) is 0 Å². The molecule has 3 nitrogen and oxygen atoms in total. The lowest BCUT2D eigenvalue weighted by molar-refractivity contribution is 0.292. The van der Waals surface area contributed by atoms with Crippen LogP contribution >= 0.6 is 22.6 Å². The molecule has 3 rings (SSSR count). The van der Waals surface area contributed by atoms with Gasteiger partial charge in [-0.2, -0.15) is 0 Å². The average molecular weight is 422 g/mol. The van der Waals surface area contributed by atoms with Crippen LogP contribution in [-0.4, -0.2) is 23.2 Å². The van der Waals surface area contributed by atoms with Gasteiger partial charge >= 0.3 is 0 Å². The largest absolute Gasteiger partial charge is 0.491 e. The molecule has 0 bridgehead atoms. The Morgan fingerprint density at radius 2 is 1.78 bits per heavy atom. The Balaban J connectivity index is 1.77. The third-order valence-electron chi connectivity index (χ3n) is 3.92. The van der Waals surface area contributed by atoms with Crippen molar-refractivity contribution >= 4 is 34.0 Å². The highest BCUT2D eigenvalue weighted by molar-refractivity contribution is 14.1. The van der Waals surface area contributed by atoms with Crippen molar-refractivity contribution in [3.63, 3.8) is 0 Å². The van der Waals surface area contributed by atoms with E-state index in [4.69, 9.17) is 4.74 Å². The second-order valence-electron chi connectivity index (χ2n) is 6.31. The van der Waals surface area contributed by atoms with E-state index in [0.29, 0.717) is 16.6 Å². The molecule has 2 aromatic carbocycles. The van der Waals surface area contributed by atoms with E-state index in [2.05, 4.69) is 70.9 Å². The van der Waals surface area contributed by atoms with Crippen molar-refractivity contribution in [1.82, 2.24) is 0 Å². The van der Waals surface area contributed by atoms with E-state index < -0.39 is 0 Å². The Morgan fingerprint density at radius 3 is 2.52 bits per heavy atom. The summed E-state index contributed by atoms with van der Waals surface area (Å²) in [7, 11) is 0. The van der Waals surface area contributed by atoms with E-state index in [1.807, 2.05) is 30.3 Å². The Labute approximate surface area is 152 Å². The number of halogens is 1. The molecule has 2 unspecified atom stereocenters. The molecule has 0 radical (unpaired) electrons. The van der Waals surface area contributed by atoms with Gasteiger partial charge in [0, 0.05) is 6.54 Å². The lowest BCUT2D eigenvalue weighted by Crippen LogP contribution is -2.51. The van der Waals surface area contributed by atoms with E-state index in [9.17, 15) is 0 Å². The molecule has 1 N–H and O–H groups in total. The van der Waals surface area contributed by atoms with Gasteiger partial charge in [-0.05, 0) is 30.2 Å². The van der Waals surface area contributed by atoms with Crippen molar-refractivity contribution in [2.45, 2.75) is 23.9 Å². The van der Waals surface area contributed by atoms with Crippen LogP contribution in [0.25, 0.3) is 0 Å². The third kappa shape index (κ3) is 3.91. The van der Waals surface area contributed by atoms with Crippen LogP contribution in [0.15, 0.2) is 54.6 Å². The number of para-hydroxylation sites is 3. The highest BCUT2D eigenvalue weighted by atomic mass is 127. The van der Waals surface area contributed by atoms with Gasteiger partial charge in [0.25, 0.3) is 0 Å². The monoisotopic (exact) mass is 422 g/mol. The minimum atomic E-state index is 0.254. The summed E-state index contributed by atoms with van der Waals surface area (Å²) < 4.78 is 6.35. The van der Waals surface area contributed by atoms with Gasteiger partial charge in [-0.3, -0.25) is 0 Å². The number of rotatable bonds is 5. The second-order valence-corrected chi connectivity index (χ2v) is 7.59. The average Bonchev–Trinajstić information content (AvgIpc) is 2.56. The van der Waals surface area contributed by atoms with Crippen LogP contribution in [-0.2, 0) is 0 Å². The molecule has 0 aliphatic carbocycles. The van der Waals surface area contributed by atoms with Gasteiger partial charge in [-0.25, -0.2) is 0 Å². The Hall–Kier alpha value is -1.43. The normalized spacial score (nSPS) is 20.1. The Kier molecular flexibility index (Phi) is 5.30. The molecule has 2 atom stereocenters. The Morgan fingerprint density at radius 1 is 1.09 bits per heavy atom.